The summed E-state index contributed by atoms with van der Waals surface area (Å²) >= 11 is 0. The van der Waals surface area contributed by atoms with Gasteiger partial charge in [0.15, 0.2) is 0 Å². The van der Waals surface area contributed by atoms with E-state index in [0.717, 1.165) is 39.1 Å². The van der Waals surface area contributed by atoms with E-state index in [1.165, 1.54) is 0 Å². The van der Waals surface area contributed by atoms with Gasteiger partial charge in [0.05, 0.1) is 25.9 Å². The molecule has 2 rings (SSSR count). The largest absolute Gasteiger partial charge is 0.394 e. The van der Waals surface area contributed by atoms with E-state index in [-0.39, 0.29) is 18.2 Å². The topological polar surface area (TPSA) is 65.0 Å². The Morgan fingerprint density at radius 1 is 1.31 bits per heavy atom. The zero-order valence-corrected chi connectivity index (χ0v) is 9.69. The van der Waals surface area contributed by atoms with Crippen molar-refractivity contribution in [1.29, 1.82) is 0 Å². The molecule has 94 valence electrons. The van der Waals surface area contributed by atoms with Gasteiger partial charge in [-0.2, -0.15) is 0 Å². The van der Waals surface area contributed by atoms with Crippen LogP contribution in [0.1, 0.15) is 12.8 Å². The SMILES string of the molecule is OCC1(NCC(O)CN2CCOCC2)CC1. The van der Waals surface area contributed by atoms with E-state index in [2.05, 4.69) is 10.2 Å². The van der Waals surface area contributed by atoms with Gasteiger partial charge in [-0.25, -0.2) is 0 Å². The van der Waals surface area contributed by atoms with E-state index in [4.69, 9.17) is 9.84 Å². The van der Waals surface area contributed by atoms with Gasteiger partial charge in [0, 0.05) is 31.7 Å². The third-order valence-electron chi connectivity index (χ3n) is 3.44. The fourth-order valence-electron chi connectivity index (χ4n) is 2.02. The highest BCUT2D eigenvalue weighted by molar-refractivity contribution is 5.01. The van der Waals surface area contributed by atoms with Crippen LogP contribution in [0, 0.1) is 0 Å². The van der Waals surface area contributed by atoms with E-state index in [0.29, 0.717) is 13.1 Å². The van der Waals surface area contributed by atoms with Gasteiger partial charge >= 0.3 is 0 Å². The standard InChI is InChI=1S/C11H22N2O3/c14-9-11(1-2-11)12-7-10(15)8-13-3-5-16-6-4-13/h10,12,14-15H,1-9H2. The summed E-state index contributed by atoms with van der Waals surface area (Å²) in [5.41, 5.74) is -0.0774. The molecule has 5 nitrogen and oxygen atoms in total. The summed E-state index contributed by atoms with van der Waals surface area (Å²) in [6.45, 7) is 4.78. The van der Waals surface area contributed by atoms with Crippen LogP contribution >= 0.6 is 0 Å². The first-order valence-electron chi connectivity index (χ1n) is 6.08. The molecule has 0 radical (unpaired) electrons. The van der Waals surface area contributed by atoms with Crippen LogP contribution in [0.2, 0.25) is 0 Å². The van der Waals surface area contributed by atoms with Crippen molar-refractivity contribution in [3.8, 4) is 0 Å². The molecular formula is C11H22N2O3. The summed E-state index contributed by atoms with van der Waals surface area (Å²) in [6.07, 6.45) is 1.68. The van der Waals surface area contributed by atoms with Gasteiger partial charge in [-0.3, -0.25) is 4.90 Å². The van der Waals surface area contributed by atoms with E-state index < -0.39 is 0 Å². The summed E-state index contributed by atoms with van der Waals surface area (Å²) in [6, 6.07) is 0. The number of hydrogen-bond donors (Lipinski definition) is 3. The van der Waals surface area contributed by atoms with Crippen LogP contribution in [0.25, 0.3) is 0 Å². The molecule has 0 aromatic heterocycles. The van der Waals surface area contributed by atoms with Gasteiger partial charge in [0.2, 0.25) is 0 Å². The van der Waals surface area contributed by atoms with Crippen molar-refractivity contribution in [1.82, 2.24) is 10.2 Å². The second kappa shape index (κ2) is 5.42. The fraction of sp³-hybridized carbons (Fsp3) is 1.00. The number of morpholine rings is 1. The van der Waals surface area contributed by atoms with Crippen LogP contribution < -0.4 is 5.32 Å². The predicted octanol–water partition coefficient (Wildman–Crippen LogP) is -1.21. The number of aliphatic hydroxyl groups is 2. The molecule has 0 aromatic rings. The van der Waals surface area contributed by atoms with E-state index in [1.807, 2.05) is 0 Å². The van der Waals surface area contributed by atoms with Gasteiger partial charge < -0.3 is 20.3 Å². The number of rotatable bonds is 6. The summed E-state index contributed by atoms with van der Waals surface area (Å²) in [5.74, 6) is 0. The van der Waals surface area contributed by atoms with Gasteiger partial charge in [0.1, 0.15) is 0 Å². The van der Waals surface area contributed by atoms with Crippen LogP contribution in [-0.4, -0.2) is 72.8 Å². The van der Waals surface area contributed by atoms with Crippen LogP contribution in [0.15, 0.2) is 0 Å². The molecule has 5 heteroatoms. The Morgan fingerprint density at radius 2 is 2.00 bits per heavy atom. The minimum absolute atomic E-state index is 0.0774. The molecule has 0 amide bonds. The van der Waals surface area contributed by atoms with Crippen molar-refractivity contribution < 1.29 is 14.9 Å². The molecular weight excluding hydrogens is 208 g/mol. The molecule has 3 N–H and O–H groups in total. The third-order valence-corrected chi connectivity index (χ3v) is 3.44. The molecule has 1 aliphatic heterocycles. The summed E-state index contributed by atoms with van der Waals surface area (Å²) in [4.78, 5) is 2.22. The molecule has 1 saturated carbocycles. The van der Waals surface area contributed by atoms with Crippen molar-refractivity contribution in [3.05, 3.63) is 0 Å². The minimum atomic E-state index is -0.359. The maximum Gasteiger partial charge on any atom is 0.0791 e. The normalized spacial score (nSPS) is 26.6. The summed E-state index contributed by atoms with van der Waals surface area (Å²) in [7, 11) is 0. The Hall–Kier alpha value is -0.200. The molecule has 2 aliphatic rings. The molecule has 1 unspecified atom stereocenters. The Morgan fingerprint density at radius 3 is 2.56 bits per heavy atom. The zero-order chi connectivity index (χ0) is 11.4. The zero-order valence-electron chi connectivity index (χ0n) is 9.69. The van der Waals surface area contributed by atoms with Crippen molar-refractivity contribution in [3.63, 3.8) is 0 Å². The van der Waals surface area contributed by atoms with Crippen LogP contribution in [0.5, 0.6) is 0 Å². The maximum atomic E-state index is 9.86. The molecule has 0 aromatic carbocycles. The first-order chi connectivity index (χ1) is 7.74. The average molecular weight is 230 g/mol. The second-order valence-corrected chi connectivity index (χ2v) is 4.89. The number of nitrogens with one attached hydrogen (secondary N) is 1. The monoisotopic (exact) mass is 230 g/mol. The Balaban J connectivity index is 1.62. The minimum Gasteiger partial charge on any atom is -0.394 e. The van der Waals surface area contributed by atoms with E-state index >= 15 is 0 Å². The first kappa shape index (κ1) is 12.3. The smallest absolute Gasteiger partial charge is 0.0791 e. The quantitative estimate of drug-likeness (QED) is 0.534. The summed E-state index contributed by atoms with van der Waals surface area (Å²) in [5, 5.41) is 22.2. The number of ether oxygens (including phenoxy) is 1. The molecule has 2 fully saturated rings. The molecule has 0 bridgehead atoms. The van der Waals surface area contributed by atoms with Crippen molar-refractivity contribution in [2.24, 2.45) is 0 Å². The number of hydrogen-bond acceptors (Lipinski definition) is 5. The lowest BCUT2D eigenvalue weighted by Gasteiger charge is -2.29. The summed E-state index contributed by atoms with van der Waals surface area (Å²) < 4.78 is 5.25. The lowest BCUT2D eigenvalue weighted by molar-refractivity contribution is 0.0139. The van der Waals surface area contributed by atoms with Crippen LogP contribution in [0.4, 0.5) is 0 Å². The lowest BCUT2D eigenvalue weighted by atomic mass is 10.2. The van der Waals surface area contributed by atoms with E-state index in [1.54, 1.807) is 0 Å². The van der Waals surface area contributed by atoms with Gasteiger partial charge in [0.25, 0.3) is 0 Å². The Kier molecular flexibility index (Phi) is 4.16. The Bertz CT molecular complexity index is 215. The van der Waals surface area contributed by atoms with Crippen LogP contribution in [-0.2, 0) is 4.74 Å². The van der Waals surface area contributed by atoms with Crippen molar-refractivity contribution in [2.75, 3.05) is 46.0 Å². The van der Waals surface area contributed by atoms with E-state index in [9.17, 15) is 5.11 Å². The fourth-order valence-corrected chi connectivity index (χ4v) is 2.02. The predicted molar refractivity (Wildman–Crippen MR) is 60.3 cm³/mol. The molecule has 1 atom stereocenters. The first-order valence-corrected chi connectivity index (χ1v) is 6.08. The maximum absolute atomic E-state index is 9.86. The molecule has 1 aliphatic carbocycles. The number of nitrogens with zero attached hydrogens (tertiary/aromatic N) is 1. The molecule has 1 saturated heterocycles. The number of aliphatic hydroxyl groups excluding tert-OH is 2. The highest BCUT2D eigenvalue weighted by Gasteiger charge is 2.41. The highest BCUT2D eigenvalue weighted by atomic mass is 16.5. The second-order valence-electron chi connectivity index (χ2n) is 4.89. The molecule has 1 heterocycles. The van der Waals surface area contributed by atoms with Crippen molar-refractivity contribution >= 4 is 0 Å². The Labute approximate surface area is 96.4 Å². The van der Waals surface area contributed by atoms with Gasteiger partial charge in [-0.05, 0) is 12.8 Å². The highest BCUT2D eigenvalue weighted by Crippen LogP contribution is 2.34. The van der Waals surface area contributed by atoms with Crippen LogP contribution in [0.3, 0.4) is 0 Å². The van der Waals surface area contributed by atoms with Gasteiger partial charge in [-0.15, -0.1) is 0 Å². The average Bonchev–Trinajstić information content (AvgIpc) is 3.09. The molecule has 0 spiro atoms. The third kappa shape index (κ3) is 3.40. The molecule has 16 heavy (non-hydrogen) atoms. The van der Waals surface area contributed by atoms with Gasteiger partial charge in [-0.1, -0.05) is 0 Å². The number of β-amino-alcohol motifs (C(OH)–C–C–N with tert-alkyl or cyclic N) is 1. The van der Waals surface area contributed by atoms with Crippen molar-refractivity contribution in [2.45, 2.75) is 24.5 Å². The lowest BCUT2D eigenvalue weighted by Crippen LogP contribution is -2.46.